The molecule has 152 valence electrons. The summed E-state index contributed by atoms with van der Waals surface area (Å²) < 4.78 is 1.28. The van der Waals surface area contributed by atoms with Gasteiger partial charge in [-0.2, -0.15) is 19.6 Å². The average molecular weight is 418 g/mol. The Morgan fingerprint density at radius 2 is 2.04 bits per heavy atom. The first-order valence-corrected chi connectivity index (χ1v) is 10.4. The Labute approximate surface area is 151 Å². The van der Waals surface area contributed by atoms with E-state index in [1.807, 2.05) is 11.3 Å². The molecular formula is C11H26N5O8P2+. The monoisotopic (exact) mass is 418 g/mol. The van der Waals surface area contributed by atoms with Crippen molar-refractivity contribution in [2.24, 2.45) is 5.73 Å². The van der Waals surface area contributed by atoms with E-state index in [4.69, 9.17) is 10.6 Å². The second-order valence-electron chi connectivity index (χ2n) is 5.61. The van der Waals surface area contributed by atoms with E-state index in [1.165, 1.54) is 37.1 Å². The molecule has 1 heterocycles. The molecule has 0 radical (unpaired) electrons. The van der Waals surface area contributed by atoms with Gasteiger partial charge in [0.15, 0.2) is 0 Å². The molecule has 13 nitrogen and oxygen atoms in total. The molecule has 26 heavy (non-hydrogen) atoms. The minimum atomic E-state index is -4.92. The second-order valence-corrected chi connectivity index (χ2v) is 10.2. The molecule has 15 heteroatoms. The van der Waals surface area contributed by atoms with E-state index in [9.17, 15) is 24.7 Å². The van der Waals surface area contributed by atoms with Crippen LogP contribution in [0.3, 0.4) is 0 Å². The lowest BCUT2D eigenvalue weighted by atomic mass is 10.3. The molecule has 0 aliphatic rings. The predicted octanol–water partition coefficient (Wildman–Crippen LogP) is -1.02. The van der Waals surface area contributed by atoms with Gasteiger partial charge in [0, 0.05) is 12.4 Å². The van der Waals surface area contributed by atoms with Crippen LogP contribution in [0.15, 0.2) is 18.7 Å². The van der Waals surface area contributed by atoms with Crippen LogP contribution in [0.4, 0.5) is 0 Å². The van der Waals surface area contributed by atoms with Crippen molar-refractivity contribution in [3.8, 4) is 0 Å². The van der Waals surface area contributed by atoms with E-state index < -0.39 is 39.3 Å². The van der Waals surface area contributed by atoms with Crippen molar-refractivity contribution in [2.75, 3.05) is 0 Å². The molecule has 0 aromatic carbocycles. The zero-order valence-electron chi connectivity index (χ0n) is 14.6. The second kappa shape index (κ2) is 9.71. The van der Waals surface area contributed by atoms with Crippen molar-refractivity contribution in [1.82, 2.24) is 20.8 Å². The van der Waals surface area contributed by atoms with Crippen LogP contribution in [0.1, 0.15) is 27.2 Å². The topological polar surface area (TPSA) is 197 Å². The number of nitrogens with two attached hydrogens (primary N) is 1. The van der Waals surface area contributed by atoms with Crippen molar-refractivity contribution < 1.29 is 39.3 Å². The van der Waals surface area contributed by atoms with Crippen LogP contribution >= 0.6 is 16.1 Å². The van der Waals surface area contributed by atoms with Gasteiger partial charge in [0.2, 0.25) is 0 Å². The Kier molecular flexibility index (Phi) is 8.84. The van der Waals surface area contributed by atoms with Gasteiger partial charge in [-0.05, 0) is 20.3 Å². The molecule has 4 atom stereocenters. The number of aliphatic hydroxyl groups is 1. The lowest BCUT2D eigenvalue weighted by molar-refractivity contribution is -0.314. The Morgan fingerprint density at radius 3 is 2.50 bits per heavy atom. The maximum absolute atomic E-state index is 10.8. The quantitative estimate of drug-likeness (QED) is 0.0891. The molecule has 0 bridgehead atoms. The summed E-state index contributed by atoms with van der Waals surface area (Å²) in [5.74, 6) is 0. The molecular weight excluding hydrogens is 392 g/mol. The van der Waals surface area contributed by atoms with Crippen LogP contribution in [-0.2, 0) is 21.2 Å². The van der Waals surface area contributed by atoms with Crippen LogP contribution in [-0.4, -0.2) is 50.9 Å². The highest BCUT2D eigenvalue weighted by Gasteiger charge is 2.68. The molecule has 1 rings (SSSR count). The minimum Gasteiger partial charge on any atom is -0.365 e. The highest BCUT2D eigenvalue weighted by Crippen LogP contribution is 2.74. The Bertz CT molecular complexity index is 533. The van der Waals surface area contributed by atoms with Crippen LogP contribution in [0.25, 0.3) is 0 Å². The van der Waals surface area contributed by atoms with Gasteiger partial charge in [-0.15, -0.1) is 0 Å². The molecule has 9 N–H and O–H groups in total. The molecule has 0 aliphatic heterocycles. The fourth-order valence-corrected chi connectivity index (χ4v) is 5.27. The number of imidazole rings is 1. The third kappa shape index (κ3) is 6.08. The zero-order valence-corrected chi connectivity index (χ0v) is 16.3. The van der Waals surface area contributed by atoms with Crippen LogP contribution in [0, 0.1) is 0 Å². The Hall–Kier alpha value is -0.370. The van der Waals surface area contributed by atoms with Crippen molar-refractivity contribution in [1.29, 1.82) is 0 Å². The number of rotatable bonds is 12. The van der Waals surface area contributed by atoms with Gasteiger partial charge in [-0.1, -0.05) is 18.2 Å². The standard InChI is InChI=1S/C11H26N5O8P2/c1-4-10(3,23-15-24-14-22-9(2)12)25(18)11(17,26(19,20)21)7-16-6-5-13-8-16/h5-6,8-9,14-15,17-21H,4,7,12H2,1-3H3/q+1/t9?,10-,11?,25+/m0/s1. The van der Waals surface area contributed by atoms with Crippen molar-refractivity contribution in [3.05, 3.63) is 18.7 Å². The number of nitrogens with zero attached hydrogens (tertiary/aromatic N) is 2. The van der Waals surface area contributed by atoms with E-state index in [2.05, 4.69) is 14.8 Å². The van der Waals surface area contributed by atoms with E-state index in [-0.39, 0.29) is 6.42 Å². The highest BCUT2D eigenvalue weighted by molar-refractivity contribution is 7.75. The van der Waals surface area contributed by atoms with E-state index in [0.717, 1.165) is 0 Å². The van der Waals surface area contributed by atoms with Crippen molar-refractivity contribution >= 4 is 16.1 Å². The first-order valence-electron chi connectivity index (χ1n) is 7.46. The summed E-state index contributed by atoms with van der Waals surface area (Å²) in [6.45, 7) is 4.00. The summed E-state index contributed by atoms with van der Waals surface area (Å²) in [7, 11) is -7.67. The largest absolute Gasteiger partial charge is 0.447 e. The zero-order chi connectivity index (χ0) is 20.0. The number of aromatic nitrogens is 2. The van der Waals surface area contributed by atoms with Crippen LogP contribution in [0.2, 0.25) is 0 Å². The first kappa shape index (κ1) is 23.7. The molecule has 0 fully saturated rings. The molecule has 1 aromatic heterocycles. The summed E-state index contributed by atoms with van der Waals surface area (Å²) in [5, 5.41) is 6.52. The predicted molar refractivity (Wildman–Crippen MR) is 91.8 cm³/mol. The maximum atomic E-state index is 10.8. The number of hydrogen-bond donors (Lipinski definition) is 8. The Balaban J connectivity index is 2.89. The smallest absolute Gasteiger partial charge is 0.365 e. The minimum absolute atomic E-state index is 0.103. The van der Waals surface area contributed by atoms with E-state index in [0.29, 0.717) is 0 Å². The summed E-state index contributed by atoms with van der Waals surface area (Å²) in [5.41, 5.74) is 9.29. The van der Waals surface area contributed by atoms with Crippen molar-refractivity contribution in [2.45, 2.75) is 50.4 Å². The van der Waals surface area contributed by atoms with Gasteiger partial charge in [0.1, 0.15) is 26.3 Å². The maximum Gasteiger partial charge on any atom is 0.447 e. The summed E-state index contributed by atoms with van der Waals surface area (Å²) in [6.07, 6.45) is 3.52. The van der Waals surface area contributed by atoms with Gasteiger partial charge in [0.05, 0.1) is 6.33 Å². The van der Waals surface area contributed by atoms with E-state index >= 15 is 0 Å². The summed E-state index contributed by atoms with van der Waals surface area (Å²) in [6, 6.07) is 0. The first-order chi connectivity index (χ1) is 12.0. The normalized spacial score (nSPS) is 19.6. The lowest BCUT2D eigenvalue weighted by Gasteiger charge is -2.39. The molecule has 0 saturated heterocycles. The van der Waals surface area contributed by atoms with Crippen LogP contribution < -0.4 is 17.0 Å². The van der Waals surface area contributed by atoms with Gasteiger partial charge < -0.3 is 20.3 Å². The highest BCUT2D eigenvalue weighted by atomic mass is 31.3. The summed E-state index contributed by atoms with van der Waals surface area (Å²) >= 11 is 0. The average Bonchev–Trinajstić information content (AvgIpc) is 3.04. The molecule has 0 amide bonds. The molecule has 0 spiro atoms. The molecule has 2 unspecified atom stereocenters. The van der Waals surface area contributed by atoms with Gasteiger partial charge >= 0.3 is 13.0 Å². The Morgan fingerprint density at radius 1 is 1.38 bits per heavy atom. The van der Waals surface area contributed by atoms with Crippen LogP contribution in [0.5, 0.6) is 0 Å². The van der Waals surface area contributed by atoms with Gasteiger partial charge in [-0.3, -0.25) is 9.68 Å². The lowest BCUT2D eigenvalue weighted by Crippen LogP contribution is -2.45. The van der Waals surface area contributed by atoms with E-state index in [1.54, 1.807) is 6.92 Å². The summed E-state index contributed by atoms with van der Waals surface area (Å²) in [4.78, 5) is 58.3. The molecule has 1 aromatic rings. The van der Waals surface area contributed by atoms with Gasteiger partial charge in [0.25, 0.3) is 0 Å². The number of hydrogen-bond acceptors (Lipinski definition) is 12. The fraction of sp³-hybridized carbons (Fsp3) is 0.727. The third-order valence-electron chi connectivity index (χ3n) is 3.46. The fourth-order valence-electron chi connectivity index (χ4n) is 1.79. The number of nitrogens with one attached hydrogen (secondary N) is 2. The molecule has 0 aliphatic carbocycles. The van der Waals surface area contributed by atoms with Crippen molar-refractivity contribution in [3.63, 3.8) is 0 Å². The third-order valence-corrected chi connectivity index (χ3v) is 8.06. The molecule has 0 saturated carbocycles. The van der Waals surface area contributed by atoms with Gasteiger partial charge in [-0.25, -0.2) is 4.98 Å². The SMILES string of the molecule is CC[C@@](C)(ONONOC(C)N)[P@@](O)C(O)(Cn1ccnc1)[P+](O)(O)O.